The molecule has 1 aromatic carbocycles. The summed E-state index contributed by atoms with van der Waals surface area (Å²) in [6.07, 6.45) is 1.87. The van der Waals surface area contributed by atoms with Crippen LogP contribution < -0.4 is 0 Å². The second-order valence-corrected chi connectivity index (χ2v) is 4.56. The van der Waals surface area contributed by atoms with E-state index < -0.39 is 11.6 Å². The van der Waals surface area contributed by atoms with E-state index in [1.54, 1.807) is 19.1 Å². The molecule has 0 heterocycles. The molecule has 0 saturated carbocycles. The SMILES string of the molecule is CCOC(=O)C(C)(O)c1cc(SC)ccc1O. The van der Waals surface area contributed by atoms with Crippen LogP contribution in [0.4, 0.5) is 0 Å². The monoisotopic (exact) mass is 256 g/mol. The van der Waals surface area contributed by atoms with Crippen molar-refractivity contribution in [2.75, 3.05) is 12.9 Å². The number of hydrogen-bond donors (Lipinski definition) is 2. The first-order chi connectivity index (χ1) is 7.93. The van der Waals surface area contributed by atoms with Crippen LogP contribution in [0.1, 0.15) is 19.4 Å². The summed E-state index contributed by atoms with van der Waals surface area (Å²) < 4.78 is 4.78. The second kappa shape index (κ2) is 5.42. The van der Waals surface area contributed by atoms with Crippen LogP contribution in [-0.2, 0) is 15.1 Å². The number of benzene rings is 1. The third-order valence-corrected chi connectivity index (χ3v) is 3.13. The van der Waals surface area contributed by atoms with Crippen molar-refractivity contribution >= 4 is 17.7 Å². The standard InChI is InChI=1S/C12H16O4S/c1-4-16-11(14)12(2,15)9-7-8(17-3)5-6-10(9)13/h5-7,13,15H,4H2,1-3H3. The van der Waals surface area contributed by atoms with Crippen LogP contribution in [0.25, 0.3) is 0 Å². The lowest BCUT2D eigenvalue weighted by atomic mass is 9.95. The number of ether oxygens (including phenoxy) is 1. The van der Waals surface area contributed by atoms with Crippen LogP contribution >= 0.6 is 11.8 Å². The van der Waals surface area contributed by atoms with Gasteiger partial charge in [-0.1, -0.05) is 0 Å². The maximum atomic E-state index is 11.6. The molecule has 0 amide bonds. The molecule has 2 N–H and O–H groups in total. The Morgan fingerprint density at radius 1 is 1.53 bits per heavy atom. The van der Waals surface area contributed by atoms with Crippen LogP contribution in [0.5, 0.6) is 5.75 Å². The largest absolute Gasteiger partial charge is 0.508 e. The summed E-state index contributed by atoms with van der Waals surface area (Å²) in [6, 6.07) is 4.75. The fourth-order valence-electron chi connectivity index (χ4n) is 1.41. The molecule has 1 rings (SSSR count). The van der Waals surface area contributed by atoms with Crippen LogP contribution in [0.15, 0.2) is 23.1 Å². The molecule has 0 aliphatic carbocycles. The van der Waals surface area contributed by atoms with E-state index in [1.165, 1.54) is 24.8 Å². The predicted molar refractivity (Wildman–Crippen MR) is 66.1 cm³/mol. The second-order valence-electron chi connectivity index (χ2n) is 3.68. The topological polar surface area (TPSA) is 66.8 Å². The van der Waals surface area contributed by atoms with E-state index in [9.17, 15) is 15.0 Å². The minimum absolute atomic E-state index is 0.124. The van der Waals surface area contributed by atoms with Gasteiger partial charge in [-0.15, -0.1) is 11.8 Å². The molecular formula is C12H16O4S. The van der Waals surface area contributed by atoms with Crippen LogP contribution in [0.3, 0.4) is 0 Å². The lowest BCUT2D eigenvalue weighted by Gasteiger charge is -2.22. The highest BCUT2D eigenvalue weighted by Gasteiger charge is 2.36. The van der Waals surface area contributed by atoms with E-state index in [0.717, 1.165) is 4.90 Å². The molecule has 4 nitrogen and oxygen atoms in total. The first-order valence-electron chi connectivity index (χ1n) is 5.20. The smallest absolute Gasteiger partial charge is 0.342 e. The molecule has 0 aliphatic heterocycles. The summed E-state index contributed by atoms with van der Waals surface area (Å²) in [5.41, 5.74) is -1.69. The fraction of sp³-hybridized carbons (Fsp3) is 0.417. The first kappa shape index (κ1) is 13.9. The number of aliphatic hydroxyl groups is 1. The molecule has 17 heavy (non-hydrogen) atoms. The van der Waals surface area contributed by atoms with Gasteiger partial charge in [0.1, 0.15) is 5.75 Å². The maximum absolute atomic E-state index is 11.6. The van der Waals surface area contributed by atoms with Gasteiger partial charge in [0.05, 0.1) is 6.61 Å². The average Bonchev–Trinajstić information content (AvgIpc) is 2.29. The number of esters is 1. The van der Waals surface area contributed by atoms with E-state index in [-0.39, 0.29) is 17.9 Å². The first-order valence-corrected chi connectivity index (χ1v) is 6.43. The van der Waals surface area contributed by atoms with E-state index in [0.29, 0.717) is 0 Å². The van der Waals surface area contributed by atoms with E-state index in [4.69, 9.17) is 4.74 Å². The average molecular weight is 256 g/mol. The van der Waals surface area contributed by atoms with Crippen molar-refractivity contribution in [2.45, 2.75) is 24.3 Å². The van der Waals surface area contributed by atoms with Gasteiger partial charge in [0.25, 0.3) is 0 Å². The molecule has 0 aliphatic rings. The Hall–Kier alpha value is -1.20. The van der Waals surface area contributed by atoms with Crippen molar-refractivity contribution in [2.24, 2.45) is 0 Å². The van der Waals surface area contributed by atoms with Crippen molar-refractivity contribution in [3.8, 4) is 5.75 Å². The fourth-order valence-corrected chi connectivity index (χ4v) is 1.85. The summed E-state index contributed by atoms with van der Waals surface area (Å²) in [4.78, 5) is 12.5. The van der Waals surface area contributed by atoms with Gasteiger partial charge in [0, 0.05) is 10.5 Å². The van der Waals surface area contributed by atoms with Crippen LogP contribution in [0, 0.1) is 0 Å². The predicted octanol–water partition coefficient (Wildman–Crippen LogP) is 1.88. The number of carbonyl (C=O) groups excluding carboxylic acids is 1. The summed E-state index contributed by atoms with van der Waals surface area (Å²) in [5.74, 6) is -0.894. The minimum atomic E-state index is -1.84. The lowest BCUT2D eigenvalue weighted by Crippen LogP contribution is -2.34. The van der Waals surface area contributed by atoms with E-state index in [2.05, 4.69) is 0 Å². The van der Waals surface area contributed by atoms with Crippen molar-refractivity contribution in [3.63, 3.8) is 0 Å². The third-order valence-electron chi connectivity index (χ3n) is 2.40. The molecule has 0 bridgehead atoms. The van der Waals surface area contributed by atoms with Gasteiger partial charge in [-0.25, -0.2) is 4.79 Å². The number of phenols is 1. The van der Waals surface area contributed by atoms with Gasteiger partial charge in [-0.2, -0.15) is 0 Å². The quantitative estimate of drug-likeness (QED) is 0.636. The Kier molecular flexibility index (Phi) is 4.42. The summed E-state index contributed by atoms with van der Waals surface area (Å²) >= 11 is 1.46. The Bertz CT molecular complexity index is 415. The number of aromatic hydroxyl groups is 1. The zero-order valence-electron chi connectivity index (χ0n) is 10.1. The lowest BCUT2D eigenvalue weighted by molar-refractivity contribution is -0.164. The van der Waals surface area contributed by atoms with Gasteiger partial charge in [-0.3, -0.25) is 0 Å². The molecule has 0 aromatic heterocycles. The normalized spacial score (nSPS) is 14.1. The minimum Gasteiger partial charge on any atom is -0.508 e. The van der Waals surface area contributed by atoms with Gasteiger partial charge >= 0.3 is 5.97 Å². The van der Waals surface area contributed by atoms with Gasteiger partial charge in [0.2, 0.25) is 0 Å². The summed E-state index contributed by atoms with van der Waals surface area (Å²) in [7, 11) is 0. The van der Waals surface area contributed by atoms with Gasteiger partial charge < -0.3 is 14.9 Å². The molecule has 0 radical (unpaired) electrons. The number of phenolic OH excluding ortho intramolecular Hbond substituents is 1. The Morgan fingerprint density at radius 3 is 2.71 bits per heavy atom. The van der Waals surface area contributed by atoms with E-state index >= 15 is 0 Å². The highest BCUT2D eigenvalue weighted by Crippen LogP contribution is 2.33. The molecule has 1 atom stereocenters. The van der Waals surface area contributed by atoms with Crippen LogP contribution in [0.2, 0.25) is 0 Å². The molecule has 94 valence electrons. The number of hydrogen-bond acceptors (Lipinski definition) is 5. The van der Waals surface area contributed by atoms with E-state index in [1.807, 2.05) is 6.26 Å². The Morgan fingerprint density at radius 2 is 2.18 bits per heavy atom. The molecule has 0 saturated heterocycles. The highest BCUT2D eigenvalue weighted by molar-refractivity contribution is 7.98. The zero-order chi connectivity index (χ0) is 13.1. The molecule has 5 heteroatoms. The molecule has 1 aromatic rings. The molecule has 0 spiro atoms. The highest BCUT2D eigenvalue weighted by atomic mass is 32.2. The van der Waals surface area contributed by atoms with Crippen molar-refractivity contribution in [1.82, 2.24) is 0 Å². The number of carbonyl (C=O) groups is 1. The van der Waals surface area contributed by atoms with Crippen molar-refractivity contribution < 1.29 is 19.7 Å². The zero-order valence-corrected chi connectivity index (χ0v) is 10.9. The third kappa shape index (κ3) is 2.92. The molecular weight excluding hydrogens is 240 g/mol. The molecule has 1 unspecified atom stereocenters. The summed E-state index contributed by atoms with van der Waals surface area (Å²) in [5, 5.41) is 19.8. The Balaban J connectivity index is 3.17. The van der Waals surface area contributed by atoms with Gasteiger partial charge in [0.15, 0.2) is 5.60 Å². The van der Waals surface area contributed by atoms with Crippen molar-refractivity contribution in [1.29, 1.82) is 0 Å². The summed E-state index contributed by atoms with van der Waals surface area (Å²) in [6.45, 7) is 3.15. The van der Waals surface area contributed by atoms with Gasteiger partial charge in [-0.05, 0) is 38.3 Å². The Labute approximate surface area is 105 Å². The maximum Gasteiger partial charge on any atom is 0.342 e. The number of thioether (sulfide) groups is 1. The molecule has 0 fully saturated rings. The number of rotatable bonds is 4. The van der Waals surface area contributed by atoms with Crippen LogP contribution in [-0.4, -0.2) is 29.0 Å². The van der Waals surface area contributed by atoms with Crippen molar-refractivity contribution in [3.05, 3.63) is 23.8 Å².